The van der Waals surface area contributed by atoms with E-state index in [1.54, 1.807) is 0 Å². The quantitative estimate of drug-likeness (QED) is 0.816. The van der Waals surface area contributed by atoms with Gasteiger partial charge in [-0.05, 0) is 24.1 Å². The van der Waals surface area contributed by atoms with Crippen molar-refractivity contribution in [2.75, 3.05) is 5.75 Å². The fourth-order valence-electron chi connectivity index (χ4n) is 1.45. The zero-order valence-corrected chi connectivity index (χ0v) is 12.4. The molecule has 0 aromatic heterocycles. The van der Waals surface area contributed by atoms with E-state index in [2.05, 4.69) is 0 Å². The molecule has 2 unspecified atom stereocenters. The van der Waals surface area contributed by atoms with Crippen molar-refractivity contribution in [3.63, 3.8) is 0 Å². The number of aliphatic hydroxyl groups is 2. The number of aliphatic hydroxyl groups excluding tert-OH is 2. The molecule has 2 N–H and O–H groups in total. The number of benzene rings is 1. The van der Waals surface area contributed by atoms with Gasteiger partial charge in [-0.1, -0.05) is 35.0 Å². The van der Waals surface area contributed by atoms with Crippen LogP contribution in [0.25, 0.3) is 0 Å². The average Bonchev–Trinajstić information content (AvgIpc) is 2.33. The highest BCUT2D eigenvalue weighted by Crippen LogP contribution is 2.29. The number of carbonyl (C=O) groups is 1. The number of hydrogen-bond donors (Lipinski definition) is 2. The number of carbonyl (C=O) groups excluding carboxylic acids is 1. The van der Waals surface area contributed by atoms with Crippen molar-refractivity contribution in [3.8, 4) is 0 Å². The SMILES string of the molecule is CC(=O)SCCC(O)C(O)c1cc(Cl)c(F)c(Cl)c1. The Labute approximate surface area is 124 Å². The van der Waals surface area contributed by atoms with Gasteiger partial charge in [0.1, 0.15) is 6.10 Å². The minimum atomic E-state index is -1.23. The molecule has 19 heavy (non-hydrogen) atoms. The molecule has 3 nitrogen and oxygen atoms in total. The fraction of sp³-hybridized carbons (Fsp3) is 0.417. The van der Waals surface area contributed by atoms with Gasteiger partial charge in [0.2, 0.25) is 0 Å². The van der Waals surface area contributed by atoms with Crippen molar-refractivity contribution < 1.29 is 19.4 Å². The summed E-state index contributed by atoms with van der Waals surface area (Å²) in [5.74, 6) is -0.378. The molecular weight excluding hydrogens is 314 g/mol. The molecule has 1 aromatic rings. The van der Waals surface area contributed by atoms with Crippen molar-refractivity contribution in [2.24, 2.45) is 0 Å². The van der Waals surface area contributed by atoms with Gasteiger partial charge in [0.25, 0.3) is 0 Å². The maximum atomic E-state index is 13.2. The molecular formula is C12H13Cl2FO3S. The maximum absolute atomic E-state index is 13.2. The first-order valence-electron chi connectivity index (χ1n) is 5.47. The van der Waals surface area contributed by atoms with Crippen LogP contribution in [0.3, 0.4) is 0 Å². The first kappa shape index (κ1) is 16.7. The lowest BCUT2D eigenvalue weighted by molar-refractivity contribution is -0.109. The Morgan fingerprint density at radius 1 is 1.37 bits per heavy atom. The molecule has 0 bridgehead atoms. The Morgan fingerprint density at radius 3 is 2.37 bits per heavy atom. The van der Waals surface area contributed by atoms with Gasteiger partial charge in [-0.15, -0.1) is 0 Å². The molecule has 0 saturated carbocycles. The van der Waals surface area contributed by atoms with Crippen LogP contribution in [0.4, 0.5) is 4.39 Å². The van der Waals surface area contributed by atoms with Crippen LogP contribution in [-0.2, 0) is 4.79 Å². The Balaban J connectivity index is 2.71. The fourth-order valence-corrected chi connectivity index (χ4v) is 2.60. The van der Waals surface area contributed by atoms with Crippen LogP contribution in [-0.4, -0.2) is 27.2 Å². The van der Waals surface area contributed by atoms with E-state index < -0.39 is 18.0 Å². The zero-order valence-electron chi connectivity index (χ0n) is 10.1. The Morgan fingerprint density at radius 2 is 1.89 bits per heavy atom. The zero-order chi connectivity index (χ0) is 14.6. The predicted octanol–water partition coefficient (Wildman–Crippen LogP) is 3.20. The van der Waals surface area contributed by atoms with E-state index in [0.717, 1.165) is 11.8 Å². The lowest BCUT2D eigenvalue weighted by Gasteiger charge is -2.18. The van der Waals surface area contributed by atoms with Crippen LogP contribution in [0.15, 0.2) is 12.1 Å². The molecule has 0 amide bonds. The van der Waals surface area contributed by atoms with Gasteiger partial charge in [-0.3, -0.25) is 4.79 Å². The molecule has 2 atom stereocenters. The number of hydrogen-bond acceptors (Lipinski definition) is 4. The highest BCUT2D eigenvalue weighted by Gasteiger charge is 2.20. The topological polar surface area (TPSA) is 57.5 Å². The number of thioether (sulfide) groups is 1. The summed E-state index contributed by atoms with van der Waals surface area (Å²) in [6, 6.07) is 2.43. The molecule has 106 valence electrons. The third-order valence-electron chi connectivity index (χ3n) is 2.43. The summed E-state index contributed by atoms with van der Waals surface area (Å²) in [7, 11) is 0. The Hall–Kier alpha value is -0.330. The molecule has 0 saturated heterocycles. The molecule has 0 aliphatic heterocycles. The minimum absolute atomic E-state index is 0.0606. The van der Waals surface area contributed by atoms with E-state index in [1.807, 2.05) is 0 Å². The molecule has 0 spiro atoms. The van der Waals surface area contributed by atoms with Crippen LogP contribution in [0, 0.1) is 5.82 Å². The number of rotatable bonds is 5. The summed E-state index contributed by atoms with van der Waals surface area (Å²) in [6.07, 6.45) is -2.09. The van der Waals surface area contributed by atoms with Gasteiger partial charge in [0, 0.05) is 12.7 Å². The van der Waals surface area contributed by atoms with Crippen LogP contribution >= 0.6 is 35.0 Å². The average molecular weight is 327 g/mol. The van der Waals surface area contributed by atoms with Crippen molar-refractivity contribution in [3.05, 3.63) is 33.6 Å². The van der Waals surface area contributed by atoms with Gasteiger partial charge in [0.05, 0.1) is 16.1 Å². The van der Waals surface area contributed by atoms with E-state index in [-0.39, 0.29) is 27.1 Å². The first-order valence-corrected chi connectivity index (χ1v) is 7.21. The standard InChI is InChI=1S/C12H13Cl2FO3S/c1-6(16)19-3-2-10(17)12(18)7-4-8(13)11(15)9(14)5-7/h4-5,10,12,17-18H,2-3H2,1H3. The summed E-state index contributed by atoms with van der Waals surface area (Å²) < 4.78 is 13.2. The van der Waals surface area contributed by atoms with E-state index in [1.165, 1.54) is 19.1 Å². The second-order valence-corrected chi connectivity index (χ2v) is 6.03. The second kappa shape index (κ2) is 7.45. The maximum Gasteiger partial charge on any atom is 0.185 e. The van der Waals surface area contributed by atoms with Crippen LogP contribution < -0.4 is 0 Å². The molecule has 1 aromatic carbocycles. The predicted molar refractivity (Wildman–Crippen MR) is 75.1 cm³/mol. The van der Waals surface area contributed by atoms with E-state index in [4.69, 9.17) is 23.2 Å². The lowest BCUT2D eigenvalue weighted by Crippen LogP contribution is -2.19. The smallest absolute Gasteiger partial charge is 0.185 e. The van der Waals surface area contributed by atoms with E-state index >= 15 is 0 Å². The first-order chi connectivity index (χ1) is 8.82. The third kappa shape index (κ3) is 4.93. The van der Waals surface area contributed by atoms with Crippen LogP contribution in [0.1, 0.15) is 25.0 Å². The summed E-state index contributed by atoms with van der Waals surface area (Å²) in [4.78, 5) is 10.7. The molecule has 7 heteroatoms. The van der Waals surface area contributed by atoms with E-state index in [0.29, 0.717) is 5.75 Å². The van der Waals surface area contributed by atoms with Crippen molar-refractivity contribution in [1.82, 2.24) is 0 Å². The third-order valence-corrected chi connectivity index (χ3v) is 3.83. The largest absolute Gasteiger partial charge is 0.390 e. The summed E-state index contributed by atoms with van der Waals surface area (Å²) >= 11 is 12.3. The van der Waals surface area contributed by atoms with Gasteiger partial charge >= 0.3 is 0 Å². The summed E-state index contributed by atoms with van der Waals surface area (Å²) in [5, 5.41) is 19.2. The Bertz CT molecular complexity index is 447. The normalized spacial score (nSPS) is 14.2. The van der Waals surface area contributed by atoms with Gasteiger partial charge in [-0.2, -0.15) is 0 Å². The molecule has 0 aliphatic carbocycles. The minimum Gasteiger partial charge on any atom is -0.390 e. The molecule has 1 rings (SSSR count). The van der Waals surface area contributed by atoms with E-state index in [9.17, 15) is 19.4 Å². The molecule has 0 radical (unpaired) electrons. The van der Waals surface area contributed by atoms with Crippen molar-refractivity contribution in [1.29, 1.82) is 0 Å². The Kier molecular flexibility index (Phi) is 6.56. The van der Waals surface area contributed by atoms with Crippen molar-refractivity contribution >= 4 is 40.1 Å². The second-order valence-electron chi connectivity index (χ2n) is 3.94. The lowest BCUT2D eigenvalue weighted by atomic mass is 10.0. The van der Waals surface area contributed by atoms with Crippen LogP contribution in [0.2, 0.25) is 10.0 Å². The highest BCUT2D eigenvalue weighted by atomic mass is 35.5. The molecule has 0 heterocycles. The van der Waals surface area contributed by atoms with Gasteiger partial charge in [0.15, 0.2) is 10.9 Å². The van der Waals surface area contributed by atoms with Gasteiger partial charge < -0.3 is 10.2 Å². The summed E-state index contributed by atoms with van der Waals surface area (Å²) in [6.45, 7) is 1.42. The molecule has 0 fully saturated rings. The summed E-state index contributed by atoms with van der Waals surface area (Å²) in [5.41, 5.74) is 0.233. The highest BCUT2D eigenvalue weighted by molar-refractivity contribution is 8.13. The molecule has 0 aliphatic rings. The van der Waals surface area contributed by atoms with Gasteiger partial charge in [-0.25, -0.2) is 4.39 Å². The number of halogens is 3. The van der Waals surface area contributed by atoms with Crippen LogP contribution in [0.5, 0.6) is 0 Å². The van der Waals surface area contributed by atoms with Crippen molar-refractivity contribution in [2.45, 2.75) is 25.6 Å². The monoisotopic (exact) mass is 326 g/mol.